The molecular formula is C36H26N4. The third-order valence-electron chi connectivity index (χ3n) is 7.62. The summed E-state index contributed by atoms with van der Waals surface area (Å²) in [6.45, 7) is 4.28. The number of para-hydroxylation sites is 1. The Labute approximate surface area is 246 Å². The fourth-order valence-corrected chi connectivity index (χ4v) is 5.93. The van der Waals surface area contributed by atoms with Gasteiger partial charge in [0.15, 0.2) is 11.6 Å². The Morgan fingerprint density at radius 2 is 1.25 bits per heavy atom. The molecule has 190 valence electrons. The van der Waals surface area contributed by atoms with E-state index in [1.54, 1.807) is 0 Å². The van der Waals surface area contributed by atoms with E-state index in [1.807, 2.05) is 47.0 Å². The van der Waals surface area contributed by atoms with Gasteiger partial charge in [-0.15, -0.1) is 0 Å². The highest BCUT2D eigenvalue weighted by molar-refractivity contribution is 6.12. The van der Waals surface area contributed by atoms with Crippen molar-refractivity contribution in [2.24, 2.45) is 0 Å². The van der Waals surface area contributed by atoms with E-state index in [-0.39, 0.29) is 28.7 Å². The maximum atomic E-state index is 8.72. The minimum Gasteiger partial charge on any atom is -0.277 e. The fraction of sp³-hybridized carbons (Fsp3) is 0.0833. The first-order valence-corrected chi connectivity index (χ1v) is 12.8. The molecule has 0 saturated heterocycles. The molecule has 0 radical (unpaired) electrons. The Kier molecular flexibility index (Phi) is 3.15. The van der Waals surface area contributed by atoms with Gasteiger partial charge in [0.05, 0.1) is 24.7 Å². The predicted octanol–water partition coefficient (Wildman–Crippen LogP) is 8.61. The van der Waals surface area contributed by atoms with E-state index in [9.17, 15) is 0 Å². The molecular weight excluding hydrogens is 488 g/mol. The molecule has 4 nitrogen and oxygen atoms in total. The minimum atomic E-state index is -0.596. The summed E-state index contributed by atoms with van der Waals surface area (Å²) in [5.41, 5.74) is 4.61. The van der Waals surface area contributed by atoms with E-state index in [0.717, 1.165) is 38.5 Å². The van der Waals surface area contributed by atoms with E-state index in [1.165, 1.54) is 0 Å². The zero-order valence-electron chi connectivity index (χ0n) is 31.6. The van der Waals surface area contributed by atoms with Crippen molar-refractivity contribution in [3.05, 3.63) is 132 Å². The molecule has 0 spiro atoms. The van der Waals surface area contributed by atoms with Gasteiger partial charge in [0.1, 0.15) is 0 Å². The molecule has 40 heavy (non-hydrogen) atoms. The second-order valence-electron chi connectivity index (χ2n) is 10.2. The molecule has 0 saturated carbocycles. The summed E-state index contributed by atoms with van der Waals surface area (Å²) in [7, 11) is 0. The molecule has 0 aliphatic heterocycles. The third kappa shape index (κ3) is 3.23. The number of benzene rings is 5. The molecule has 5 aromatic carbocycles. The van der Waals surface area contributed by atoms with Crippen LogP contribution in [0.3, 0.4) is 0 Å². The summed E-state index contributed by atoms with van der Waals surface area (Å²) in [5.74, 6) is -0.639. The maximum Gasteiger partial charge on any atom is 0.238 e. The first-order valence-electron chi connectivity index (χ1n) is 17.8. The Balaban J connectivity index is 1.56. The average molecular weight is 525 g/mol. The number of nitrogens with zero attached hydrogens (tertiary/aromatic N) is 4. The van der Waals surface area contributed by atoms with Gasteiger partial charge >= 0.3 is 0 Å². The van der Waals surface area contributed by atoms with Crippen molar-refractivity contribution in [3.63, 3.8) is 0 Å². The van der Waals surface area contributed by atoms with Gasteiger partial charge in [0, 0.05) is 27.3 Å². The van der Waals surface area contributed by atoms with Gasteiger partial charge in [0.25, 0.3) is 0 Å². The summed E-state index contributed by atoms with van der Waals surface area (Å²) >= 11 is 0. The van der Waals surface area contributed by atoms with Crippen molar-refractivity contribution in [2.45, 2.75) is 19.3 Å². The van der Waals surface area contributed by atoms with Crippen molar-refractivity contribution < 1.29 is 13.7 Å². The van der Waals surface area contributed by atoms with Crippen LogP contribution in [0.1, 0.15) is 38.7 Å². The second kappa shape index (κ2) is 8.45. The molecule has 2 heterocycles. The standard InChI is InChI=1S/C36H26N4/c1-36(2)29-19-11-9-17-25(29)27-21-22-28-26-18-10-12-20-30(26)40(32(28)31(27)36)35-38-33(23-13-5-3-6-14-23)37-34(39-35)24-15-7-4-8-16-24/h3-22H,1-2H3/i3D,4D,5D,6D,7D,8D,13D,14D,15D,16D. The summed E-state index contributed by atoms with van der Waals surface area (Å²) in [6.07, 6.45) is 0. The van der Waals surface area contributed by atoms with E-state index in [4.69, 9.17) is 23.7 Å². The van der Waals surface area contributed by atoms with Crippen LogP contribution in [0.2, 0.25) is 0 Å². The van der Waals surface area contributed by atoms with Crippen molar-refractivity contribution in [3.8, 4) is 39.9 Å². The molecule has 0 unspecified atom stereocenters. The summed E-state index contributed by atoms with van der Waals surface area (Å²) < 4.78 is 86.3. The van der Waals surface area contributed by atoms with Gasteiger partial charge in [0.2, 0.25) is 5.95 Å². The molecule has 1 aliphatic rings. The molecule has 1 aliphatic carbocycles. The number of aromatic nitrogens is 4. The first kappa shape index (κ1) is 14.9. The normalized spacial score (nSPS) is 16.9. The highest BCUT2D eigenvalue weighted by atomic mass is 15.2. The minimum absolute atomic E-state index is 0.0185. The Bertz CT molecular complexity index is 2500. The second-order valence-corrected chi connectivity index (χ2v) is 10.2. The van der Waals surface area contributed by atoms with E-state index in [0.29, 0.717) is 5.52 Å². The van der Waals surface area contributed by atoms with Crippen molar-refractivity contribution in [1.82, 2.24) is 19.5 Å². The zero-order chi connectivity index (χ0) is 35.5. The van der Waals surface area contributed by atoms with Crippen molar-refractivity contribution in [1.29, 1.82) is 0 Å². The first-order chi connectivity index (χ1) is 23.7. The smallest absolute Gasteiger partial charge is 0.238 e. The van der Waals surface area contributed by atoms with E-state index < -0.39 is 65.8 Å². The number of fused-ring (bicyclic) bond motifs is 7. The van der Waals surface area contributed by atoms with Crippen LogP contribution in [0.5, 0.6) is 0 Å². The van der Waals surface area contributed by atoms with Gasteiger partial charge < -0.3 is 0 Å². The van der Waals surface area contributed by atoms with Crippen LogP contribution in [-0.4, -0.2) is 19.5 Å². The van der Waals surface area contributed by atoms with Gasteiger partial charge in [-0.2, -0.15) is 9.97 Å². The monoisotopic (exact) mass is 524 g/mol. The summed E-state index contributed by atoms with van der Waals surface area (Å²) in [5, 5.41) is 1.78. The molecule has 0 bridgehead atoms. The maximum absolute atomic E-state index is 8.72. The zero-order valence-corrected chi connectivity index (χ0v) is 21.6. The lowest BCUT2D eigenvalue weighted by Crippen LogP contribution is -2.17. The van der Waals surface area contributed by atoms with Crippen LogP contribution in [0, 0.1) is 0 Å². The number of hydrogen-bond acceptors (Lipinski definition) is 3. The molecule has 0 fully saturated rings. The van der Waals surface area contributed by atoms with Crippen LogP contribution in [-0.2, 0) is 5.41 Å². The SMILES string of the molecule is [2H]c1c([2H])c([2H])c(-c2nc(-c3c([2H])c([2H])c([2H])c([2H])c3[2H])nc(-n3c4ccccc4c4ccc5c(c43)C(C)(C)c3ccccc3-5)n2)c([2H])c1[2H]. The topological polar surface area (TPSA) is 43.6 Å². The van der Waals surface area contributed by atoms with E-state index >= 15 is 0 Å². The summed E-state index contributed by atoms with van der Waals surface area (Å²) in [4.78, 5) is 14.0. The Hall–Kier alpha value is -5.09. The highest BCUT2D eigenvalue weighted by Crippen LogP contribution is 2.52. The number of rotatable bonds is 3. The van der Waals surface area contributed by atoms with Crippen LogP contribution in [0.4, 0.5) is 0 Å². The molecule has 4 heteroatoms. The predicted molar refractivity (Wildman–Crippen MR) is 163 cm³/mol. The molecule has 7 aromatic rings. The van der Waals surface area contributed by atoms with E-state index in [2.05, 4.69) is 37.0 Å². The fourth-order valence-electron chi connectivity index (χ4n) is 5.93. The van der Waals surface area contributed by atoms with Gasteiger partial charge in [-0.25, -0.2) is 4.98 Å². The average Bonchev–Trinajstić information content (AvgIpc) is 3.57. The molecule has 0 N–H and O–H groups in total. The van der Waals surface area contributed by atoms with Crippen molar-refractivity contribution in [2.75, 3.05) is 0 Å². The largest absolute Gasteiger partial charge is 0.277 e. The van der Waals surface area contributed by atoms with Crippen LogP contribution in [0.15, 0.2) is 121 Å². The third-order valence-corrected chi connectivity index (χ3v) is 7.62. The highest BCUT2D eigenvalue weighted by Gasteiger charge is 2.38. The lowest BCUT2D eigenvalue weighted by Gasteiger charge is -2.23. The molecule has 8 rings (SSSR count). The lowest BCUT2D eigenvalue weighted by atomic mass is 9.81. The van der Waals surface area contributed by atoms with Crippen molar-refractivity contribution >= 4 is 21.8 Å². The number of hydrogen-bond donors (Lipinski definition) is 0. The molecule has 0 atom stereocenters. The molecule has 2 aromatic heterocycles. The van der Waals surface area contributed by atoms with Gasteiger partial charge in [-0.05, 0) is 28.3 Å². The Morgan fingerprint density at radius 3 is 1.95 bits per heavy atom. The lowest BCUT2D eigenvalue weighted by molar-refractivity contribution is 0.663. The van der Waals surface area contributed by atoms with Crippen LogP contribution < -0.4 is 0 Å². The Morgan fingerprint density at radius 1 is 0.625 bits per heavy atom. The van der Waals surface area contributed by atoms with Gasteiger partial charge in [-0.1, -0.05) is 129 Å². The summed E-state index contributed by atoms with van der Waals surface area (Å²) in [6, 6.07) is 14.2. The quantitative estimate of drug-likeness (QED) is 0.232. The van der Waals surface area contributed by atoms with Crippen LogP contribution in [0.25, 0.3) is 61.7 Å². The van der Waals surface area contributed by atoms with Gasteiger partial charge in [-0.3, -0.25) is 4.57 Å². The van der Waals surface area contributed by atoms with Crippen LogP contribution >= 0.6 is 0 Å². The molecule has 0 amide bonds.